The standard InChI is InChI=1S/C15H22N2O3S/c18-9-13-7-14(8-17(13)12-3-4-12)21(19,20)16-15-6-10-1-2-11(15)5-10/h7-8,10-12,15-16,18H,1-6,9H2. The molecule has 1 aromatic heterocycles. The zero-order valence-corrected chi connectivity index (χ0v) is 12.8. The predicted octanol–water partition coefficient (Wildman–Crippen LogP) is 1.78. The molecule has 3 saturated carbocycles. The van der Waals surface area contributed by atoms with Crippen molar-refractivity contribution in [1.82, 2.24) is 9.29 Å². The summed E-state index contributed by atoms with van der Waals surface area (Å²) in [5.41, 5.74) is 0.700. The van der Waals surface area contributed by atoms with E-state index < -0.39 is 10.0 Å². The number of sulfonamides is 1. The number of hydrogen-bond donors (Lipinski definition) is 2. The summed E-state index contributed by atoms with van der Waals surface area (Å²) in [6.45, 7) is -0.111. The normalized spacial score (nSPS) is 32.0. The highest BCUT2D eigenvalue weighted by Crippen LogP contribution is 2.45. The van der Waals surface area contributed by atoms with E-state index in [2.05, 4.69) is 4.72 Å². The number of aromatic nitrogens is 1. The van der Waals surface area contributed by atoms with Gasteiger partial charge in [0, 0.05) is 24.0 Å². The van der Waals surface area contributed by atoms with Gasteiger partial charge in [-0.25, -0.2) is 13.1 Å². The van der Waals surface area contributed by atoms with Crippen molar-refractivity contribution in [2.24, 2.45) is 11.8 Å². The van der Waals surface area contributed by atoms with Gasteiger partial charge in [-0.2, -0.15) is 0 Å². The Balaban J connectivity index is 1.56. The van der Waals surface area contributed by atoms with Gasteiger partial charge in [0.2, 0.25) is 10.0 Å². The van der Waals surface area contributed by atoms with Crippen LogP contribution >= 0.6 is 0 Å². The Labute approximate surface area is 125 Å². The molecule has 0 aliphatic heterocycles. The molecule has 0 saturated heterocycles. The van der Waals surface area contributed by atoms with Crippen LogP contribution in [0.3, 0.4) is 0 Å². The van der Waals surface area contributed by atoms with E-state index in [9.17, 15) is 13.5 Å². The molecule has 3 aliphatic carbocycles. The lowest BCUT2D eigenvalue weighted by Gasteiger charge is -2.22. The summed E-state index contributed by atoms with van der Waals surface area (Å²) in [6.07, 6.45) is 8.41. The van der Waals surface area contributed by atoms with Gasteiger partial charge < -0.3 is 9.67 Å². The minimum Gasteiger partial charge on any atom is -0.390 e. The van der Waals surface area contributed by atoms with Crippen LogP contribution in [0.1, 0.15) is 50.3 Å². The van der Waals surface area contributed by atoms with E-state index in [1.165, 1.54) is 12.8 Å². The minimum atomic E-state index is -3.47. The van der Waals surface area contributed by atoms with Crippen molar-refractivity contribution < 1.29 is 13.5 Å². The summed E-state index contributed by atoms with van der Waals surface area (Å²) in [4.78, 5) is 0.307. The molecule has 3 aliphatic rings. The smallest absolute Gasteiger partial charge is 0.242 e. The average Bonchev–Trinajstić information content (AvgIpc) is 2.89. The summed E-state index contributed by atoms with van der Waals surface area (Å²) in [5, 5.41) is 9.41. The van der Waals surface area contributed by atoms with Gasteiger partial charge in [0.1, 0.15) is 0 Å². The number of hydrogen-bond acceptors (Lipinski definition) is 3. The molecule has 3 atom stereocenters. The fourth-order valence-electron chi connectivity index (χ4n) is 4.12. The van der Waals surface area contributed by atoms with Crippen LogP contribution in [0, 0.1) is 11.8 Å². The topological polar surface area (TPSA) is 71.3 Å². The van der Waals surface area contributed by atoms with Gasteiger partial charge in [-0.05, 0) is 50.0 Å². The highest BCUT2D eigenvalue weighted by molar-refractivity contribution is 7.89. The van der Waals surface area contributed by atoms with Crippen LogP contribution < -0.4 is 4.72 Å². The summed E-state index contributed by atoms with van der Waals surface area (Å²) >= 11 is 0. The fraction of sp³-hybridized carbons (Fsp3) is 0.733. The fourth-order valence-corrected chi connectivity index (χ4v) is 5.49. The lowest BCUT2D eigenvalue weighted by atomic mass is 9.96. The van der Waals surface area contributed by atoms with Gasteiger partial charge >= 0.3 is 0 Å². The molecule has 5 nitrogen and oxygen atoms in total. The third-order valence-electron chi connectivity index (χ3n) is 5.36. The maximum absolute atomic E-state index is 12.6. The largest absolute Gasteiger partial charge is 0.390 e. The zero-order valence-electron chi connectivity index (χ0n) is 12.0. The monoisotopic (exact) mass is 310 g/mol. The highest BCUT2D eigenvalue weighted by atomic mass is 32.2. The Morgan fingerprint density at radius 2 is 2.05 bits per heavy atom. The molecule has 6 heteroatoms. The number of nitrogens with zero attached hydrogens (tertiary/aromatic N) is 1. The number of aliphatic hydroxyl groups is 1. The third kappa shape index (κ3) is 2.43. The molecule has 0 spiro atoms. The third-order valence-corrected chi connectivity index (χ3v) is 6.82. The van der Waals surface area contributed by atoms with Crippen molar-refractivity contribution >= 4 is 10.0 Å². The van der Waals surface area contributed by atoms with Gasteiger partial charge in [-0.1, -0.05) is 6.42 Å². The van der Waals surface area contributed by atoms with Crippen LogP contribution in [-0.2, 0) is 16.6 Å². The molecule has 1 aromatic rings. The van der Waals surface area contributed by atoms with Gasteiger partial charge in [0.25, 0.3) is 0 Å². The lowest BCUT2D eigenvalue weighted by Crippen LogP contribution is -2.38. The molecule has 116 valence electrons. The SMILES string of the molecule is O=S(=O)(NC1CC2CCC1C2)c1cc(CO)n(C2CC2)c1. The number of rotatable bonds is 5. The molecule has 0 amide bonds. The Bertz CT molecular complexity index is 648. The Hall–Kier alpha value is -0.850. The zero-order chi connectivity index (χ0) is 14.6. The molecule has 3 unspecified atom stereocenters. The second-order valence-corrected chi connectivity index (χ2v) is 8.58. The minimum absolute atomic E-state index is 0.107. The molecule has 3 fully saturated rings. The van der Waals surface area contributed by atoms with Crippen LogP contribution in [0.15, 0.2) is 17.2 Å². The van der Waals surface area contributed by atoms with Gasteiger partial charge in [0.05, 0.1) is 11.5 Å². The van der Waals surface area contributed by atoms with E-state index in [-0.39, 0.29) is 12.6 Å². The van der Waals surface area contributed by atoms with Crippen LogP contribution in [-0.4, -0.2) is 24.1 Å². The molecule has 21 heavy (non-hydrogen) atoms. The first-order chi connectivity index (χ1) is 10.1. The molecule has 1 heterocycles. The van der Waals surface area contributed by atoms with Crippen molar-refractivity contribution in [1.29, 1.82) is 0 Å². The van der Waals surface area contributed by atoms with Gasteiger partial charge in [-0.15, -0.1) is 0 Å². The Morgan fingerprint density at radius 3 is 2.62 bits per heavy atom. The van der Waals surface area contributed by atoms with Crippen LogP contribution in [0.2, 0.25) is 0 Å². The second kappa shape index (κ2) is 4.83. The molecular weight excluding hydrogens is 288 g/mol. The van der Waals surface area contributed by atoms with Crippen LogP contribution in [0.5, 0.6) is 0 Å². The summed E-state index contributed by atoms with van der Waals surface area (Å²) in [6, 6.07) is 2.10. The summed E-state index contributed by atoms with van der Waals surface area (Å²) in [5.74, 6) is 1.24. The van der Waals surface area contributed by atoms with E-state index in [0.717, 1.165) is 25.7 Å². The summed E-state index contributed by atoms with van der Waals surface area (Å²) in [7, 11) is -3.47. The first kappa shape index (κ1) is 13.8. The molecule has 0 radical (unpaired) electrons. The van der Waals surface area contributed by atoms with Crippen LogP contribution in [0.4, 0.5) is 0 Å². The van der Waals surface area contributed by atoms with E-state index in [1.807, 2.05) is 4.57 Å². The van der Waals surface area contributed by atoms with Crippen molar-refractivity contribution in [2.45, 2.75) is 62.1 Å². The van der Waals surface area contributed by atoms with Gasteiger partial charge in [-0.3, -0.25) is 0 Å². The van der Waals surface area contributed by atoms with Crippen molar-refractivity contribution in [3.63, 3.8) is 0 Å². The van der Waals surface area contributed by atoms with E-state index in [0.29, 0.717) is 28.5 Å². The molecule has 2 bridgehead atoms. The first-order valence-electron chi connectivity index (χ1n) is 7.91. The molecule has 4 rings (SSSR count). The first-order valence-corrected chi connectivity index (χ1v) is 9.39. The maximum Gasteiger partial charge on any atom is 0.242 e. The number of nitrogens with one attached hydrogen (secondary N) is 1. The lowest BCUT2D eigenvalue weighted by molar-refractivity contribution is 0.270. The number of fused-ring (bicyclic) bond motifs is 2. The van der Waals surface area contributed by atoms with Crippen molar-refractivity contribution in [2.75, 3.05) is 0 Å². The Kier molecular flexibility index (Phi) is 3.17. The van der Waals surface area contributed by atoms with E-state index >= 15 is 0 Å². The van der Waals surface area contributed by atoms with E-state index in [1.54, 1.807) is 12.3 Å². The van der Waals surface area contributed by atoms with Crippen molar-refractivity contribution in [3.8, 4) is 0 Å². The molecule has 0 aromatic carbocycles. The van der Waals surface area contributed by atoms with Gasteiger partial charge in [0.15, 0.2) is 0 Å². The van der Waals surface area contributed by atoms with Crippen molar-refractivity contribution in [3.05, 3.63) is 18.0 Å². The van der Waals surface area contributed by atoms with Crippen LogP contribution in [0.25, 0.3) is 0 Å². The van der Waals surface area contributed by atoms with E-state index in [4.69, 9.17) is 0 Å². The molecular formula is C15H22N2O3S. The summed E-state index contributed by atoms with van der Waals surface area (Å²) < 4.78 is 30.0. The predicted molar refractivity (Wildman–Crippen MR) is 78.2 cm³/mol. The second-order valence-electron chi connectivity index (χ2n) is 6.87. The Morgan fingerprint density at radius 1 is 1.24 bits per heavy atom. The highest BCUT2D eigenvalue weighted by Gasteiger charge is 2.41. The quantitative estimate of drug-likeness (QED) is 0.871. The molecule has 2 N–H and O–H groups in total. The average molecular weight is 310 g/mol. The maximum atomic E-state index is 12.6. The number of aliphatic hydroxyl groups excluding tert-OH is 1.